The van der Waals surface area contributed by atoms with Crippen LogP contribution in [-0.2, 0) is 28.6 Å². The van der Waals surface area contributed by atoms with Crippen LogP contribution < -0.4 is 0 Å². The van der Waals surface area contributed by atoms with Crippen molar-refractivity contribution >= 4 is 17.9 Å². The number of carbonyl (C=O) groups is 3. The predicted octanol–water partition coefficient (Wildman–Crippen LogP) is 26.3. The van der Waals surface area contributed by atoms with Gasteiger partial charge in [0.25, 0.3) is 0 Å². The number of ether oxygens (including phenoxy) is 3. The molecular weight excluding hydrogens is 1020 g/mol. The Morgan fingerprint density at radius 1 is 0.229 bits per heavy atom. The Labute approximate surface area is 520 Å². The van der Waals surface area contributed by atoms with Crippen LogP contribution in [0.25, 0.3) is 0 Å². The maximum atomic E-state index is 12.9. The van der Waals surface area contributed by atoms with Crippen molar-refractivity contribution < 1.29 is 28.6 Å². The van der Waals surface area contributed by atoms with E-state index in [4.69, 9.17) is 14.2 Å². The maximum Gasteiger partial charge on any atom is 0.306 e. The lowest BCUT2D eigenvalue weighted by molar-refractivity contribution is -0.167. The fourth-order valence-corrected chi connectivity index (χ4v) is 12.0. The van der Waals surface area contributed by atoms with E-state index in [1.807, 2.05) is 0 Å². The van der Waals surface area contributed by atoms with Gasteiger partial charge in [-0.1, -0.05) is 399 Å². The van der Waals surface area contributed by atoms with Crippen molar-refractivity contribution in [3.63, 3.8) is 0 Å². The number of rotatable bonds is 72. The van der Waals surface area contributed by atoms with E-state index in [1.165, 1.54) is 334 Å². The number of hydrogen-bond donors (Lipinski definition) is 0. The Hall–Kier alpha value is -1.85. The Morgan fingerprint density at radius 2 is 0.422 bits per heavy atom. The molecule has 0 aromatic rings. The van der Waals surface area contributed by atoms with Gasteiger partial charge in [0.05, 0.1) is 0 Å². The first kappa shape index (κ1) is 81.2. The molecule has 0 heterocycles. The van der Waals surface area contributed by atoms with Crippen molar-refractivity contribution in [2.75, 3.05) is 13.2 Å². The quantitative estimate of drug-likeness (QED) is 0.0261. The van der Waals surface area contributed by atoms with Gasteiger partial charge >= 0.3 is 17.9 Å². The molecule has 0 saturated carbocycles. The first-order chi connectivity index (χ1) is 41.0. The fourth-order valence-electron chi connectivity index (χ4n) is 12.0. The number of unbranched alkanes of at least 4 members (excludes halogenated alkanes) is 59. The van der Waals surface area contributed by atoms with Crippen molar-refractivity contribution in [1.29, 1.82) is 0 Å². The lowest BCUT2D eigenvalue weighted by Crippen LogP contribution is -2.30. The predicted molar refractivity (Wildman–Crippen MR) is 363 cm³/mol. The summed E-state index contributed by atoms with van der Waals surface area (Å²) in [7, 11) is 0. The molecule has 0 radical (unpaired) electrons. The van der Waals surface area contributed by atoms with E-state index in [1.54, 1.807) is 0 Å². The molecule has 1 unspecified atom stereocenters. The minimum absolute atomic E-state index is 0.0659. The summed E-state index contributed by atoms with van der Waals surface area (Å²) in [5.41, 5.74) is 0. The van der Waals surface area contributed by atoms with E-state index in [9.17, 15) is 14.4 Å². The van der Waals surface area contributed by atoms with Crippen LogP contribution in [0.15, 0.2) is 12.2 Å². The minimum Gasteiger partial charge on any atom is -0.462 e. The van der Waals surface area contributed by atoms with Crippen molar-refractivity contribution in [3.05, 3.63) is 12.2 Å². The largest absolute Gasteiger partial charge is 0.462 e. The maximum absolute atomic E-state index is 12.9. The summed E-state index contributed by atoms with van der Waals surface area (Å²) in [6, 6.07) is 0. The molecule has 0 bridgehead atoms. The van der Waals surface area contributed by atoms with Gasteiger partial charge in [-0.05, 0) is 38.5 Å². The highest BCUT2D eigenvalue weighted by atomic mass is 16.6. The molecule has 6 heteroatoms. The van der Waals surface area contributed by atoms with Gasteiger partial charge in [-0.15, -0.1) is 0 Å². The van der Waals surface area contributed by atoms with Crippen molar-refractivity contribution in [2.45, 2.75) is 451 Å². The SMILES string of the molecule is CCC/C=C\CCCCCCCC(=O)OCC(COC(=O)CCCCCCCCCCCCCCCCCCCCCCCCCCCCCCCCC)OC(=O)CCCCCCCCCCCCCCCCCCCCCCCCCC. The van der Waals surface area contributed by atoms with Gasteiger partial charge in [0.2, 0.25) is 0 Å². The van der Waals surface area contributed by atoms with Crippen molar-refractivity contribution in [1.82, 2.24) is 0 Å². The lowest BCUT2D eigenvalue weighted by Gasteiger charge is -2.18. The molecule has 1 atom stereocenters. The highest BCUT2D eigenvalue weighted by molar-refractivity contribution is 5.71. The molecule has 83 heavy (non-hydrogen) atoms. The molecule has 0 aliphatic heterocycles. The van der Waals surface area contributed by atoms with Crippen LogP contribution in [0.3, 0.4) is 0 Å². The van der Waals surface area contributed by atoms with Gasteiger partial charge in [-0.25, -0.2) is 0 Å². The average Bonchev–Trinajstić information content (AvgIpc) is 3.48. The van der Waals surface area contributed by atoms with Gasteiger partial charge in [-0.2, -0.15) is 0 Å². The molecule has 6 nitrogen and oxygen atoms in total. The van der Waals surface area contributed by atoms with E-state index in [0.29, 0.717) is 19.3 Å². The standard InChI is InChI=1S/C77H148O6/c1-4-7-10-13-16-19-22-24-26-28-30-32-34-36-37-38-39-40-41-42-44-45-47-49-51-53-55-58-61-64-67-70-76(79)82-73-74(72-81-75(78)69-66-63-60-57-21-18-15-12-9-6-3)83-77(80)71-68-65-62-59-56-54-52-50-48-46-43-35-33-31-29-27-25-23-20-17-14-11-8-5-2/h12,15,74H,4-11,13-14,16-73H2,1-3H3/b15-12-. The molecule has 0 rings (SSSR count). The summed E-state index contributed by atoms with van der Waals surface area (Å²) >= 11 is 0. The molecule has 0 aliphatic rings. The second kappa shape index (κ2) is 72.6. The Bertz CT molecular complexity index is 1300. The summed E-state index contributed by atoms with van der Waals surface area (Å²) in [6.45, 7) is 6.67. The third kappa shape index (κ3) is 70.8. The first-order valence-electron chi connectivity index (χ1n) is 38.2. The molecule has 0 aromatic heterocycles. The topological polar surface area (TPSA) is 78.9 Å². The average molecular weight is 1170 g/mol. The van der Waals surface area contributed by atoms with Crippen LogP contribution in [0.1, 0.15) is 445 Å². The van der Waals surface area contributed by atoms with Crippen LogP contribution in [0, 0.1) is 0 Å². The van der Waals surface area contributed by atoms with Crippen LogP contribution in [0.5, 0.6) is 0 Å². The Balaban J connectivity index is 4.04. The fraction of sp³-hybridized carbons (Fsp3) is 0.935. The molecule has 0 spiro atoms. The first-order valence-corrected chi connectivity index (χ1v) is 38.2. The van der Waals surface area contributed by atoms with Gasteiger partial charge in [-0.3, -0.25) is 14.4 Å². The third-order valence-electron chi connectivity index (χ3n) is 17.8. The van der Waals surface area contributed by atoms with Crippen molar-refractivity contribution in [2.24, 2.45) is 0 Å². The van der Waals surface area contributed by atoms with E-state index in [-0.39, 0.29) is 31.1 Å². The summed E-state index contributed by atoms with van der Waals surface area (Å²) in [5, 5.41) is 0. The molecule has 0 saturated heterocycles. The van der Waals surface area contributed by atoms with Crippen LogP contribution in [0.2, 0.25) is 0 Å². The number of esters is 3. The number of allylic oxidation sites excluding steroid dienone is 2. The normalized spacial score (nSPS) is 12.0. The van der Waals surface area contributed by atoms with E-state index in [0.717, 1.165) is 70.6 Å². The summed E-state index contributed by atoms with van der Waals surface area (Å²) in [6.07, 6.45) is 88.6. The van der Waals surface area contributed by atoms with E-state index < -0.39 is 6.10 Å². The van der Waals surface area contributed by atoms with Gasteiger partial charge in [0, 0.05) is 19.3 Å². The van der Waals surface area contributed by atoms with Gasteiger partial charge < -0.3 is 14.2 Å². The second-order valence-electron chi connectivity index (χ2n) is 26.3. The smallest absolute Gasteiger partial charge is 0.306 e. The Kier molecular flexibility index (Phi) is 71.0. The highest BCUT2D eigenvalue weighted by Crippen LogP contribution is 2.20. The molecule has 492 valence electrons. The lowest BCUT2D eigenvalue weighted by atomic mass is 10.0. The van der Waals surface area contributed by atoms with Crippen LogP contribution >= 0.6 is 0 Å². The molecule has 0 amide bonds. The van der Waals surface area contributed by atoms with Crippen LogP contribution in [-0.4, -0.2) is 37.2 Å². The number of hydrogen-bond acceptors (Lipinski definition) is 6. The van der Waals surface area contributed by atoms with E-state index in [2.05, 4.69) is 32.9 Å². The monoisotopic (exact) mass is 1170 g/mol. The summed E-state index contributed by atoms with van der Waals surface area (Å²) in [5.74, 6) is -0.841. The number of carbonyl (C=O) groups excluding carboxylic acids is 3. The molecule has 0 aromatic carbocycles. The molecular formula is C77H148O6. The molecule has 0 aliphatic carbocycles. The molecule has 0 fully saturated rings. The van der Waals surface area contributed by atoms with Gasteiger partial charge in [0.15, 0.2) is 6.10 Å². The van der Waals surface area contributed by atoms with Gasteiger partial charge in [0.1, 0.15) is 13.2 Å². The van der Waals surface area contributed by atoms with Crippen molar-refractivity contribution in [3.8, 4) is 0 Å². The van der Waals surface area contributed by atoms with Crippen LogP contribution in [0.4, 0.5) is 0 Å². The molecule has 0 N–H and O–H groups in total. The minimum atomic E-state index is -0.770. The Morgan fingerprint density at radius 3 is 0.651 bits per heavy atom. The zero-order chi connectivity index (χ0) is 59.9. The van der Waals surface area contributed by atoms with E-state index >= 15 is 0 Å². The summed E-state index contributed by atoms with van der Waals surface area (Å²) in [4.78, 5) is 38.4. The second-order valence-corrected chi connectivity index (χ2v) is 26.3. The third-order valence-corrected chi connectivity index (χ3v) is 17.8. The highest BCUT2D eigenvalue weighted by Gasteiger charge is 2.20. The zero-order valence-corrected chi connectivity index (χ0v) is 56.8. The zero-order valence-electron chi connectivity index (χ0n) is 56.8. The summed E-state index contributed by atoms with van der Waals surface area (Å²) < 4.78 is 17.0.